The van der Waals surface area contributed by atoms with Crippen LogP contribution in [-0.2, 0) is 6.54 Å². The van der Waals surface area contributed by atoms with Crippen LogP contribution < -0.4 is 10.1 Å². The maximum Gasteiger partial charge on any atom is 0.188 e. The third-order valence-corrected chi connectivity index (χ3v) is 5.29. The van der Waals surface area contributed by atoms with Crippen molar-refractivity contribution in [2.24, 2.45) is 5.92 Å². The predicted octanol–water partition coefficient (Wildman–Crippen LogP) is 3.80. The first-order valence-corrected chi connectivity index (χ1v) is 7.37. The number of rotatable bonds is 5. The van der Waals surface area contributed by atoms with Crippen molar-refractivity contribution in [1.82, 2.24) is 5.32 Å². The molecule has 2 rings (SSSR count). The van der Waals surface area contributed by atoms with Crippen molar-refractivity contribution >= 4 is 27.3 Å². The maximum atomic E-state index is 5.26. The monoisotopic (exact) mass is 303 g/mol. The number of thiophene rings is 1. The molecule has 1 unspecified atom stereocenters. The van der Waals surface area contributed by atoms with Crippen LogP contribution in [0.15, 0.2) is 10.5 Å². The zero-order valence-corrected chi connectivity index (χ0v) is 12.2. The lowest BCUT2D eigenvalue weighted by atomic mass is 9.80. The molecule has 1 saturated carbocycles. The summed E-state index contributed by atoms with van der Waals surface area (Å²) in [5.74, 6) is 0.894. The molecule has 0 aromatic carbocycles. The van der Waals surface area contributed by atoms with Gasteiger partial charge in [-0.3, -0.25) is 0 Å². The smallest absolute Gasteiger partial charge is 0.188 e. The molecule has 0 amide bonds. The minimum Gasteiger partial charge on any atom is -0.486 e. The largest absolute Gasteiger partial charge is 0.486 e. The van der Waals surface area contributed by atoms with Gasteiger partial charge in [-0.2, -0.15) is 0 Å². The minimum absolute atomic E-state index is 0.639. The van der Waals surface area contributed by atoms with E-state index in [0.717, 1.165) is 22.0 Å². The Bertz CT molecular complexity index is 349. The Labute approximate surface area is 110 Å². The molecule has 1 N–H and O–H groups in total. The van der Waals surface area contributed by atoms with Gasteiger partial charge in [0.2, 0.25) is 0 Å². The van der Waals surface area contributed by atoms with Gasteiger partial charge in [0.25, 0.3) is 0 Å². The first kappa shape index (κ1) is 12.4. The summed E-state index contributed by atoms with van der Waals surface area (Å²) in [4.78, 5) is 1.33. The van der Waals surface area contributed by atoms with E-state index in [1.807, 2.05) is 0 Å². The average molecular weight is 304 g/mol. The third kappa shape index (κ3) is 2.79. The van der Waals surface area contributed by atoms with Crippen LogP contribution in [0.1, 0.15) is 31.1 Å². The van der Waals surface area contributed by atoms with Gasteiger partial charge in [0.15, 0.2) is 5.06 Å². The van der Waals surface area contributed by atoms with Crippen LogP contribution in [0.25, 0.3) is 0 Å². The van der Waals surface area contributed by atoms with Gasteiger partial charge < -0.3 is 10.1 Å². The topological polar surface area (TPSA) is 21.3 Å². The fourth-order valence-corrected chi connectivity index (χ4v) is 3.63. The van der Waals surface area contributed by atoms with E-state index >= 15 is 0 Å². The Morgan fingerprint density at radius 3 is 2.88 bits per heavy atom. The van der Waals surface area contributed by atoms with Crippen LogP contribution in [0.2, 0.25) is 0 Å². The number of nitrogens with one attached hydrogen (secondary N) is 1. The average Bonchev–Trinajstić information content (AvgIpc) is 2.53. The van der Waals surface area contributed by atoms with Crippen molar-refractivity contribution in [3.05, 3.63) is 15.4 Å². The normalized spacial score (nSPS) is 18.2. The standard InChI is InChI=1S/C12H18BrNOS/c1-8(9-4-3-5-9)14-7-10-6-11(13)12(15-2)16-10/h6,8-9,14H,3-5,7H2,1-2H3. The van der Waals surface area contributed by atoms with Crippen molar-refractivity contribution in [3.63, 3.8) is 0 Å². The minimum atomic E-state index is 0.639. The molecule has 16 heavy (non-hydrogen) atoms. The Kier molecular flexibility index (Phi) is 4.27. The number of ether oxygens (including phenoxy) is 1. The van der Waals surface area contributed by atoms with Crippen LogP contribution >= 0.6 is 27.3 Å². The fourth-order valence-electron chi connectivity index (χ4n) is 1.99. The first-order valence-electron chi connectivity index (χ1n) is 5.76. The highest BCUT2D eigenvalue weighted by molar-refractivity contribution is 9.10. The van der Waals surface area contributed by atoms with Gasteiger partial charge in [0.05, 0.1) is 11.6 Å². The van der Waals surface area contributed by atoms with E-state index in [1.54, 1.807) is 18.4 Å². The van der Waals surface area contributed by atoms with Gasteiger partial charge in [-0.25, -0.2) is 0 Å². The van der Waals surface area contributed by atoms with Crippen LogP contribution in [0.5, 0.6) is 5.06 Å². The molecule has 0 spiro atoms. The molecule has 0 aliphatic heterocycles. The highest BCUT2D eigenvalue weighted by Crippen LogP contribution is 2.35. The van der Waals surface area contributed by atoms with Gasteiger partial charge in [0, 0.05) is 17.5 Å². The Hall–Kier alpha value is -0.0600. The summed E-state index contributed by atoms with van der Waals surface area (Å²) in [5.41, 5.74) is 0. The number of halogens is 1. The van der Waals surface area contributed by atoms with E-state index in [4.69, 9.17) is 4.74 Å². The summed E-state index contributed by atoms with van der Waals surface area (Å²) < 4.78 is 6.32. The molecule has 1 aromatic heterocycles. The summed E-state index contributed by atoms with van der Waals surface area (Å²) in [6, 6.07) is 2.78. The lowest BCUT2D eigenvalue weighted by molar-refractivity contribution is 0.240. The molecule has 0 saturated heterocycles. The molecule has 1 heterocycles. The van der Waals surface area contributed by atoms with E-state index in [0.29, 0.717) is 6.04 Å². The highest BCUT2D eigenvalue weighted by atomic mass is 79.9. The molecule has 2 nitrogen and oxygen atoms in total. The zero-order valence-electron chi connectivity index (χ0n) is 9.75. The first-order chi connectivity index (χ1) is 7.70. The highest BCUT2D eigenvalue weighted by Gasteiger charge is 2.23. The second-order valence-corrected chi connectivity index (χ2v) is 6.37. The second-order valence-electron chi connectivity index (χ2n) is 4.41. The van der Waals surface area contributed by atoms with Crippen molar-refractivity contribution in [1.29, 1.82) is 0 Å². The Balaban J connectivity index is 1.83. The van der Waals surface area contributed by atoms with E-state index in [1.165, 1.54) is 24.1 Å². The molecular formula is C12H18BrNOS. The van der Waals surface area contributed by atoms with Crippen molar-refractivity contribution in [2.45, 2.75) is 38.8 Å². The summed E-state index contributed by atoms with van der Waals surface area (Å²) in [6.45, 7) is 3.24. The Morgan fingerprint density at radius 1 is 1.62 bits per heavy atom. The van der Waals surface area contributed by atoms with E-state index in [2.05, 4.69) is 34.2 Å². The quantitative estimate of drug-likeness (QED) is 0.893. The molecule has 1 atom stereocenters. The predicted molar refractivity (Wildman–Crippen MR) is 72.2 cm³/mol. The van der Waals surface area contributed by atoms with Crippen molar-refractivity contribution < 1.29 is 4.74 Å². The number of hydrogen-bond acceptors (Lipinski definition) is 3. The fraction of sp³-hybridized carbons (Fsp3) is 0.667. The summed E-state index contributed by atoms with van der Waals surface area (Å²) >= 11 is 5.20. The SMILES string of the molecule is COc1sc(CNC(C)C2CCC2)cc1Br. The van der Waals surface area contributed by atoms with Gasteiger partial charge >= 0.3 is 0 Å². The molecule has 0 radical (unpaired) electrons. The molecular weight excluding hydrogens is 286 g/mol. The van der Waals surface area contributed by atoms with Crippen LogP contribution in [-0.4, -0.2) is 13.2 Å². The number of methoxy groups -OCH3 is 1. The summed E-state index contributed by atoms with van der Waals surface area (Å²) in [6.07, 6.45) is 4.20. The zero-order chi connectivity index (χ0) is 11.5. The lowest BCUT2D eigenvalue weighted by Crippen LogP contribution is -2.36. The summed E-state index contributed by atoms with van der Waals surface area (Å²) in [5, 5.41) is 4.57. The van der Waals surface area contributed by atoms with Gasteiger partial charge in [0.1, 0.15) is 0 Å². The molecule has 4 heteroatoms. The van der Waals surface area contributed by atoms with Crippen LogP contribution in [0.3, 0.4) is 0 Å². The van der Waals surface area contributed by atoms with Crippen LogP contribution in [0, 0.1) is 5.92 Å². The number of hydrogen-bond donors (Lipinski definition) is 1. The third-order valence-electron chi connectivity index (χ3n) is 3.35. The van der Waals surface area contributed by atoms with Gasteiger partial charge in [-0.05, 0) is 47.7 Å². The van der Waals surface area contributed by atoms with Gasteiger partial charge in [-0.1, -0.05) is 6.42 Å². The van der Waals surface area contributed by atoms with E-state index < -0.39 is 0 Å². The van der Waals surface area contributed by atoms with E-state index in [-0.39, 0.29) is 0 Å². The second kappa shape index (κ2) is 5.52. The summed E-state index contributed by atoms with van der Waals surface area (Å²) in [7, 11) is 1.71. The lowest BCUT2D eigenvalue weighted by Gasteiger charge is -2.31. The van der Waals surface area contributed by atoms with E-state index in [9.17, 15) is 0 Å². The van der Waals surface area contributed by atoms with Crippen LogP contribution in [0.4, 0.5) is 0 Å². The van der Waals surface area contributed by atoms with Gasteiger partial charge in [-0.15, -0.1) is 11.3 Å². The molecule has 1 aliphatic rings. The Morgan fingerprint density at radius 2 is 2.38 bits per heavy atom. The molecule has 1 aromatic rings. The molecule has 90 valence electrons. The van der Waals surface area contributed by atoms with Crippen molar-refractivity contribution in [3.8, 4) is 5.06 Å². The molecule has 1 aliphatic carbocycles. The maximum absolute atomic E-state index is 5.26. The molecule has 0 bridgehead atoms. The molecule has 1 fully saturated rings. The van der Waals surface area contributed by atoms with Crippen molar-refractivity contribution in [2.75, 3.05) is 7.11 Å².